The average molecular weight is 353 g/mol. The molecule has 0 unspecified atom stereocenters. The molecule has 0 fully saturated rings. The summed E-state index contributed by atoms with van der Waals surface area (Å²) in [7, 11) is 0. The second-order valence-electron chi connectivity index (χ2n) is 6.17. The number of aromatic nitrogens is 4. The maximum Gasteiger partial charge on any atom is 0.253 e. The van der Waals surface area contributed by atoms with Crippen LogP contribution in [0.15, 0.2) is 47.9 Å². The number of benzene rings is 1. The Morgan fingerprint density at radius 1 is 1.36 bits per heavy atom. The third-order valence-electron chi connectivity index (χ3n) is 4.43. The van der Waals surface area contributed by atoms with Gasteiger partial charge in [-0.1, -0.05) is 36.0 Å². The molecular formula is C18H19N5OS. The second kappa shape index (κ2) is 6.84. The van der Waals surface area contributed by atoms with Gasteiger partial charge in [-0.3, -0.25) is 4.79 Å². The lowest BCUT2D eigenvalue weighted by Crippen LogP contribution is -2.35. The normalized spacial score (nSPS) is 17.9. The molecule has 3 aromatic rings. The van der Waals surface area contributed by atoms with Crippen LogP contribution in [0.4, 0.5) is 0 Å². The fourth-order valence-electron chi connectivity index (χ4n) is 3.17. The van der Waals surface area contributed by atoms with Crippen molar-refractivity contribution in [2.24, 2.45) is 0 Å². The first kappa shape index (κ1) is 16.1. The van der Waals surface area contributed by atoms with Gasteiger partial charge in [-0.15, -0.1) is 5.10 Å². The standard InChI is InChI=1S/C18H19N5OS/c1-12(25-18-21-17-19-10-5-11-23(17)22-18)16(24)20-15-9-4-7-13-6-2-3-8-14(13)15/h2-3,5-6,8,10-12,15H,4,7,9H2,1H3,(H,20,24)/t12-,15-/m0/s1. The van der Waals surface area contributed by atoms with Crippen molar-refractivity contribution in [3.63, 3.8) is 0 Å². The van der Waals surface area contributed by atoms with Gasteiger partial charge >= 0.3 is 0 Å². The molecule has 0 aliphatic heterocycles. The van der Waals surface area contributed by atoms with E-state index in [1.54, 1.807) is 23.0 Å². The fraction of sp³-hybridized carbons (Fsp3) is 0.333. The molecule has 0 spiro atoms. The Morgan fingerprint density at radius 2 is 2.24 bits per heavy atom. The highest BCUT2D eigenvalue weighted by Gasteiger charge is 2.24. The largest absolute Gasteiger partial charge is 0.348 e. The fourth-order valence-corrected chi connectivity index (χ4v) is 3.93. The minimum atomic E-state index is -0.272. The summed E-state index contributed by atoms with van der Waals surface area (Å²) in [5, 5.41) is 7.82. The summed E-state index contributed by atoms with van der Waals surface area (Å²) >= 11 is 1.35. The molecule has 4 rings (SSSR count). The van der Waals surface area contributed by atoms with Gasteiger partial charge in [-0.2, -0.15) is 4.98 Å². The highest BCUT2D eigenvalue weighted by Crippen LogP contribution is 2.30. The van der Waals surface area contributed by atoms with E-state index < -0.39 is 0 Å². The molecule has 1 aliphatic carbocycles. The number of hydrogen-bond donors (Lipinski definition) is 1. The van der Waals surface area contributed by atoms with Crippen molar-refractivity contribution < 1.29 is 4.79 Å². The van der Waals surface area contributed by atoms with E-state index in [0.29, 0.717) is 10.9 Å². The van der Waals surface area contributed by atoms with Crippen molar-refractivity contribution in [3.8, 4) is 0 Å². The number of aryl methyl sites for hydroxylation is 1. The minimum absolute atomic E-state index is 0.0125. The molecule has 0 saturated carbocycles. The average Bonchev–Trinajstić information content (AvgIpc) is 3.04. The van der Waals surface area contributed by atoms with Gasteiger partial charge in [0.15, 0.2) is 0 Å². The van der Waals surface area contributed by atoms with Gasteiger partial charge in [-0.25, -0.2) is 9.50 Å². The number of carbonyl (C=O) groups excluding carboxylic acids is 1. The topological polar surface area (TPSA) is 72.2 Å². The Hall–Kier alpha value is -2.41. The number of nitrogens with zero attached hydrogens (tertiary/aromatic N) is 4. The molecule has 128 valence electrons. The van der Waals surface area contributed by atoms with E-state index in [9.17, 15) is 4.79 Å². The Morgan fingerprint density at radius 3 is 3.12 bits per heavy atom. The van der Waals surface area contributed by atoms with Crippen LogP contribution >= 0.6 is 11.8 Å². The molecule has 7 heteroatoms. The summed E-state index contributed by atoms with van der Waals surface area (Å²) < 4.78 is 1.62. The Labute approximate surface area is 150 Å². The quantitative estimate of drug-likeness (QED) is 0.730. The number of hydrogen-bond acceptors (Lipinski definition) is 5. The maximum atomic E-state index is 12.6. The maximum absolute atomic E-state index is 12.6. The van der Waals surface area contributed by atoms with Crippen LogP contribution in [0.5, 0.6) is 0 Å². The zero-order chi connectivity index (χ0) is 17.2. The summed E-state index contributed by atoms with van der Waals surface area (Å²) in [4.78, 5) is 21.1. The van der Waals surface area contributed by atoms with Gasteiger partial charge in [0.2, 0.25) is 11.1 Å². The number of fused-ring (bicyclic) bond motifs is 2. The lowest BCUT2D eigenvalue weighted by atomic mass is 9.88. The van der Waals surface area contributed by atoms with E-state index in [-0.39, 0.29) is 17.2 Å². The summed E-state index contributed by atoms with van der Waals surface area (Å²) in [5.41, 5.74) is 2.59. The number of nitrogens with one attached hydrogen (secondary N) is 1. The third-order valence-corrected chi connectivity index (χ3v) is 5.39. The minimum Gasteiger partial charge on any atom is -0.348 e. The van der Waals surface area contributed by atoms with Gasteiger partial charge in [0, 0.05) is 12.4 Å². The Bertz CT molecular complexity index is 876. The molecule has 1 amide bonds. The third kappa shape index (κ3) is 3.37. The SMILES string of the molecule is C[C@H](Sc1nc2ncccn2n1)C(=O)N[C@H]1CCCc2ccccc21. The summed E-state index contributed by atoms with van der Waals surface area (Å²) in [6.45, 7) is 1.88. The van der Waals surface area contributed by atoms with E-state index in [2.05, 4.69) is 38.6 Å². The number of thioether (sulfide) groups is 1. The van der Waals surface area contributed by atoms with E-state index in [1.807, 2.05) is 13.0 Å². The van der Waals surface area contributed by atoms with Crippen LogP contribution < -0.4 is 5.32 Å². The van der Waals surface area contributed by atoms with Crippen molar-refractivity contribution in [1.82, 2.24) is 24.9 Å². The smallest absolute Gasteiger partial charge is 0.253 e. The van der Waals surface area contributed by atoms with Crippen molar-refractivity contribution in [2.45, 2.75) is 42.6 Å². The monoisotopic (exact) mass is 353 g/mol. The van der Waals surface area contributed by atoms with Gasteiger partial charge < -0.3 is 5.32 Å². The Kier molecular flexibility index (Phi) is 4.40. The van der Waals surface area contributed by atoms with E-state index in [4.69, 9.17) is 0 Å². The van der Waals surface area contributed by atoms with Crippen LogP contribution in [0.2, 0.25) is 0 Å². The number of rotatable bonds is 4. The van der Waals surface area contributed by atoms with Gasteiger partial charge in [0.05, 0.1) is 11.3 Å². The first-order valence-corrected chi connectivity index (χ1v) is 9.31. The molecule has 2 atom stereocenters. The predicted octanol–water partition coefficient (Wildman–Crippen LogP) is 2.80. The van der Waals surface area contributed by atoms with E-state index in [0.717, 1.165) is 19.3 Å². The van der Waals surface area contributed by atoms with Crippen LogP contribution in [0, 0.1) is 0 Å². The summed E-state index contributed by atoms with van der Waals surface area (Å²) in [5.74, 6) is 0.553. The molecule has 1 N–H and O–H groups in total. The van der Waals surface area contributed by atoms with E-state index >= 15 is 0 Å². The molecule has 2 heterocycles. The van der Waals surface area contributed by atoms with Gasteiger partial charge in [0.1, 0.15) is 0 Å². The van der Waals surface area contributed by atoms with Crippen molar-refractivity contribution in [2.75, 3.05) is 0 Å². The van der Waals surface area contributed by atoms with Gasteiger partial charge in [0.25, 0.3) is 5.78 Å². The van der Waals surface area contributed by atoms with Crippen LogP contribution in [-0.2, 0) is 11.2 Å². The predicted molar refractivity (Wildman–Crippen MR) is 96.4 cm³/mol. The molecule has 0 radical (unpaired) electrons. The first-order valence-electron chi connectivity index (χ1n) is 8.43. The van der Waals surface area contributed by atoms with Crippen molar-refractivity contribution in [1.29, 1.82) is 0 Å². The summed E-state index contributed by atoms with van der Waals surface area (Å²) in [6.07, 6.45) is 6.64. The lowest BCUT2D eigenvalue weighted by molar-refractivity contribution is -0.121. The lowest BCUT2D eigenvalue weighted by Gasteiger charge is -2.27. The van der Waals surface area contributed by atoms with Crippen LogP contribution in [-0.4, -0.2) is 30.7 Å². The molecule has 6 nitrogen and oxygen atoms in total. The van der Waals surface area contributed by atoms with Crippen LogP contribution in [0.25, 0.3) is 5.78 Å². The molecule has 1 aromatic carbocycles. The van der Waals surface area contributed by atoms with Crippen LogP contribution in [0.1, 0.15) is 36.9 Å². The first-order chi connectivity index (χ1) is 12.2. The molecule has 25 heavy (non-hydrogen) atoms. The summed E-state index contributed by atoms with van der Waals surface area (Å²) in [6, 6.07) is 10.3. The zero-order valence-corrected chi connectivity index (χ0v) is 14.7. The van der Waals surface area contributed by atoms with Crippen molar-refractivity contribution in [3.05, 3.63) is 53.9 Å². The van der Waals surface area contributed by atoms with Crippen LogP contribution in [0.3, 0.4) is 0 Å². The molecule has 2 aromatic heterocycles. The molecule has 1 aliphatic rings. The Balaban J connectivity index is 1.44. The molecule has 0 bridgehead atoms. The second-order valence-corrected chi connectivity index (χ2v) is 7.48. The number of carbonyl (C=O) groups is 1. The molecule has 0 saturated heterocycles. The zero-order valence-electron chi connectivity index (χ0n) is 13.9. The highest BCUT2D eigenvalue weighted by atomic mass is 32.2. The molecular weight excluding hydrogens is 334 g/mol. The van der Waals surface area contributed by atoms with Crippen molar-refractivity contribution >= 4 is 23.4 Å². The van der Waals surface area contributed by atoms with Gasteiger partial charge in [-0.05, 0) is 43.4 Å². The highest BCUT2D eigenvalue weighted by molar-refractivity contribution is 8.00. The number of amides is 1. The van der Waals surface area contributed by atoms with E-state index in [1.165, 1.54) is 22.9 Å².